The van der Waals surface area contributed by atoms with Gasteiger partial charge in [0.25, 0.3) is 0 Å². The van der Waals surface area contributed by atoms with Gasteiger partial charge in [-0.1, -0.05) is 218 Å². The first-order valence-electron chi connectivity index (χ1n) is 19.6. The predicted octanol–water partition coefficient (Wildman–Crippen LogP) is 7.09. The van der Waals surface area contributed by atoms with Crippen LogP contribution < -0.4 is 50.5 Å². The third-order valence-electron chi connectivity index (χ3n) is 9.94. The Hall–Kier alpha value is -4.63. The molecule has 303 valence electrons. The van der Waals surface area contributed by atoms with Crippen molar-refractivity contribution >= 4 is 69.2 Å². The van der Waals surface area contributed by atoms with Gasteiger partial charge in [0.15, 0.2) is 0 Å². The van der Waals surface area contributed by atoms with Crippen molar-refractivity contribution in [1.82, 2.24) is 0 Å². The zero-order valence-electron chi connectivity index (χ0n) is 32.9. The Morgan fingerprint density at radius 3 is 0.850 bits per heavy atom. The summed E-state index contributed by atoms with van der Waals surface area (Å²) in [4.78, 5) is 0. The first-order chi connectivity index (χ1) is 28.9. The first kappa shape index (κ1) is 44.9. The fourth-order valence-electron chi connectivity index (χ4n) is 7.44. The third kappa shape index (κ3) is 11.8. The van der Waals surface area contributed by atoms with Crippen LogP contribution in [0.15, 0.2) is 218 Å². The summed E-state index contributed by atoms with van der Waals surface area (Å²) < 4.78 is 34.0. The molecule has 0 bridgehead atoms. The molecule has 0 saturated heterocycles. The molecule has 1 radical (unpaired) electrons. The van der Waals surface area contributed by atoms with Crippen molar-refractivity contribution in [2.24, 2.45) is 0 Å². The van der Waals surface area contributed by atoms with Gasteiger partial charge >= 0.3 is 0 Å². The largest absolute Gasteiger partial charge is 0.222 e. The number of fused-ring (bicyclic) bond motifs is 2. The summed E-state index contributed by atoms with van der Waals surface area (Å²) in [7, 11) is -6.65. The molecule has 4 nitrogen and oxygen atoms in total. The van der Waals surface area contributed by atoms with Crippen LogP contribution in [0.1, 0.15) is 25.7 Å². The second-order valence-corrected chi connectivity index (χ2v) is 19.0. The molecule has 0 N–H and O–H groups in total. The SMILES string of the molecule is C1=CCC/C=C\CC1.[O-][Cl+3]([O-])([O-])[O-].[Rh].c1ccc(P(c2ccccc2)c2ccc3ccccc3c2-c2c(P(c3ccccc3)c3ccccc3)ccc3ccccc23)cc1. The van der Waals surface area contributed by atoms with Crippen molar-refractivity contribution in [1.29, 1.82) is 0 Å². The zero-order valence-corrected chi connectivity index (χ0v) is 37.0. The molecule has 8 aromatic carbocycles. The van der Waals surface area contributed by atoms with Crippen LogP contribution in [0.2, 0.25) is 0 Å². The van der Waals surface area contributed by atoms with Gasteiger partial charge in [-0.15, -0.1) is 10.2 Å². The first-order valence-corrected chi connectivity index (χ1v) is 23.5. The molecule has 0 amide bonds. The van der Waals surface area contributed by atoms with Crippen LogP contribution in [0.25, 0.3) is 32.7 Å². The molecule has 0 aliphatic heterocycles. The fraction of sp³-hybridized carbons (Fsp3) is 0.0769. The quantitative estimate of drug-likeness (QED) is 0.0971. The van der Waals surface area contributed by atoms with Gasteiger partial charge < -0.3 is 0 Å². The topological polar surface area (TPSA) is 92.2 Å². The van der Waals surface area contributed by atoms with Crippen molar-refractivity contribution in [3.8, 4) is 11.1 Å². The van der Waals surface area contributed by atoms with E-state index in [2.05, 4.69) is 218 Å². The minimum Gasteiger partial charge on any atom is -0.222 e. The van der Waals surface area contributed by atoms with Crippen LogP contribution in [-0.2, 0) is 19.5 Å². The molecule has 0 atom stereocenters. The van der Waals surface area contributed by atoms with Crippen LogP contribution in [0, 0.1) is 10.2 Å². The Balaban J connectivity index is 0.000000373. The van der Waals surface area contributed by atoms with Crippen LogP contribution in [0.5, 0.6) is 0 Å². The summed E-state index contributed by atoms with van der Waals surface area (Å²) in [6, 6.07) is 71.8. The van der Waals surface area contributed by atoms with Gasteiger partial charge in [0, 0.05) is 19.5 Å². The summed E-state index contributed by atoms with van der Waals surface area (Å²) in [5.41, 5.74) is 2.70. The molecule has 0 fully saturated rings. The number of hydrogen-bond acceptors (Lipinski definition) is 4. The van der Waals surface area contributed by atoms with E-state index in [1.54, 1.807) is 0 Å². The van der Waals surface area contributed by atoms with Crippen molar-refractivity contribution < 1.29 is 48.4 Å². The van der Waals surface area contributed by atoms with Gasteiger partial charge in [-0.25, -0.2) is 18.6 Å². The van der Waals surface area contributed by atoms with E-state index in [0.717, 1.165) is 0 Å². The Kier molecular flexibility index (Phi) is 16.7. The molecule has 0 unspecified atom stereocenters. The third-order valence-corrected chi connectivity index (χ3v) is 14.9. The summed E-state index contributed by atoms with van der Waals surface area (Å²) in [6.45, 7) is 0. The molecule has 8 heteroatoms. The van der Waals surface area contributed by atoms with Crippen molar-refractivity contribution in [3.63, 3.8) is 0 Å². The van der Waals surface area contributed by atoms with E-state index < -0.39 is 26.1 Å². The van der Waals surface area contributed by atoms with Gasteiger partial charge in [0.2, 0.25) is 0 Å². The molecule has 1 aliphatic rings. The summed E-state index contributed by atoms with van der Waals surface area (Å²) in [5.74, 6) is 0. The molecule has 1 aliphatic carbocycles. The minimum absolute atomic E-state index is 0. The minimum atomic E-state index is -4.94. The number of hydrogen-bond donors (Lipinski definition) is 0. The molecule has 9 rings (SSSR count). The molecule has 0 aromatic heterocycles. The van der Waals surface area contributed by atoms with E-state index in [1.165, 1.54) is 90.2 Å². The molecule has 0 heterocycles. The van der Waals surface area contributed by atoms with Crippen LogP contribution >= 0.6 is 15.8 Å². The molecular weight excluding hydrogens is 889 g/mol. The van der Waals surface area contributed by atoms with Gasteiger partial charge in [0.1, 0.15) is 0 Å². The Morgan fingerprint density at radius 2 is 0.567 bits per heavy atom. The second kappa shape index (κ2) is 22.3. The number of rotatable bonds is 7. The maximum atomic E-state index is 8.49. The fourth-order valence-corrected chi connectivity index (χ4v) is 12.4. The van der Waals surface area contributed by atoms with E-state index in [9.17, 15) is 0 Å². The number of halogens is 1. The maximum absolute atomic E-state index is 8.49. The molecule has 60 heavy (non-hydrogen) atoms. The Bertz CT molecular complexity index is 2340. The second-order valence-electron chi connectivity index (χ2n) is 13.9. The van der Waals surface area contributed by atoms with E-state index in [0.29, 0.717) is 0 Å². The van der Waals surface area contributed by atoms with Crippen LogP contribution in [0.4, 0.5) is 0 Å². The standard InChI is InChI=1S/C44H32P2.C8H12.ClHO4.Rh/c1-5-19-35(20-6-1)45(36-21-7-2-8-22-36)41-31-29-33-17-13-15-27-39(33)43(41)44-40-28-16-14-18-34(40)30-32-42(44)46(37-23-9-3-10-24-37)38-25-11-4-12-26-38;1-2-4-6-8-7-5-3-1;2-1(3,4)5;/h1-32H;1-2,7-8H,3-6H2;(H,2,3,4,5);/p-1/b;2-1-,8-7?;;. The average molecular weight is 933 g/mol. The summed E-state index contributed by atoms with van der Waals surface area (Å²) >= 11 is 0. The average Bonchev–Trinajstić information content (AvgIpc) is 3.25. The van der Waals surface area contributed by atoms with Gasteiger partial charge in [0.05, 0.1) is 0 Å². The monoisotopic (exact) mass is 932 g/mol. The van der Waals surface area contributed by atoms with Crippen molar-refractivity contribution in [2.45, 2.75) is 25.7 Å². The van der Waals surface area contributed by atoms with Gasteiger partial charge in [-0.3, -0.25) is 0 Å². The maximum Gasteiger partial charge on any atom is 0 e. The zero-order chi connectivity index (χ0) is 40.9. The molecule has 8 aromatic rings. The molecule has 0 saturated carbocycles. The summed E-state index contributed by atoms with van der Waals surface area (Å²) in [5, 5.41) is 13.3. The van der Waals surface area contributed by atoms with E-state index in [4.69, 9.17) is 18.6 Å². The number of allylic oxidation sites excluding steroid dienone is 4. The van der Waals surface area contributed by atoms with Crippen LogP contribution in [0.3, 0.4) is 0 Å². The normalized spacial score (nSPS) is 13.0. The van der Waals surface area contributed by atoms with Crippen molar-refractivity contribution in [2.75, 3.05) is 0 Å². The van der Waals surface area contributed by atoms with E-state index in [-0.39, 0.29) is 19.5 Å². The molecular formula is C52H44ClO4P2Rh-. The smallest absolute Gasteiger partial charge is 0 e. The van der Waals surface area contributed by atoms with Crippen LogP contribution in [-0.4, -0.2) is 0 Å². The molecule has 0 spiro atoms. The van der Waals surface area contributed by atoms with Crippen molar-refractivity contribution in [3.05, 3.63) is 218 Å². The summed E-state index contributed by atoms with van der Waals surface area (Å²) in [6.07, 6.45) is 14.0. The van der Waals surface area contributed by atoms with Gasteiger partial charge in [-0.05, 0) is 106 Å². The Labute approximate surface area is 370 Å². The predicted molar refractivity (Wildman–Crippen MR) is 241 cm³/mol. The van der Waals surface area contributed by atoms with E-state index in [1.807, 2.05) is 0 Å². The number of benzene rings is 8. The van der Waals surface area contributed by atoms with E-state index >= 15 is 0 Å². The van der Waals surface area contributed by atoms with Gasteiger partial charge in [-0.2, -0.15) is 0 Å². The Morgan fingerprint density at radius 1 is 0.317 bits per heavy atom.